The van der Waals surface area contributed by atoms with E-state index in [2.05, 4.69) is 0 Å². The van der Waals surface area contributed by atoms with Gasteiger partial charge < -0.3 is 29.0 Å². The van der Waals surface area contributed by atoms with E-state index in [1.54, 1.807) is 42.5 Å². The fourth-order valence-electron chi connectivity index (χ4n) is 4.54. The maximum atomic E-state index is 13.3. The number of aliphatic hydroxyl groups excluding tert-OH is 1. The van der Waals surface area contributed by atoms with E-state index in [1.165, 1.54) is 19.1 Å². The lowest BCUT2D eigenvalue weighted by molar-refractivity contribution is -0.140. The second-order valence-corrected chi connectivity index (χ2v) is 8.13. The van der Waals surface area contributed by atoms with Crippen LogP contribution in [-0.2, 0) is 14.3 Å². The first kappa shape index (κ1) is 23.6. The van der Waals surface area contributed by atoms with Crippen LogP contribution in [0.3, 0.4) is 0 Å². The summed E-state index contributed by atoms with van der Waals surface area (Å²) in [6.45, 7) is 3.20. The van der Waals surface area contributed by atoms with Crippen molar-refractivity contribution in [2.24, 2.45) is 0 Å². The van der Waals surface area contributed by atoms with Crippen molar-refractivity contribution < 1.29 is 33.6 Å². The van der Waals surface area contributed by atoms with Crippen LogP contribution in [0.4, 0.5) is 0 Å². The quantitative estimate of drug-likeness (QED) is 0.359. The highest BCUT2D eigenvalue weighted by atomic mass is 16.5. The Morgan fingerprint density at radius 1 is 1.09 bits per heavy atom. The predicted octanol–water partition coefficient (Wildman–Crippen LogP) is 3.70. The number of carbonyl (C=O) groups is 2. The zero-order valence-corrected chi connectivity index (χ0v) is 19.6. The Labute approximate surface area is 198 Å². The molecule has 2 heterocycles. The lowest BCUT2D eigenvalue weighted by atomic mass is 9.94. The third-order valence-corrected chi connectivity index (χ3v) is 6.13. The van der Waals surface area contributed by atoms with Crippen LogP contribution in [-0.4, -0.2) is 61.8 Å². The number of amides is 1. The molecular weight excluding hydrogens is 438 g/mol. The Bertz CT molecular complexity index is 1100. The molecule has 2 unspecified atom stereocenters. The summed E-state index contributed by atoms with van der Waals surface area (Å²) in [7, 11) is 3.01. The number of Topliss-reactive ketones (excluding diaryl/α,β-unsaturated/α-hetero) is 1. The van der Waals surface area contributed by atoms with Gasteiger partial charge in [-0.3, -0.25) is 9.59 Å². The highest BCUT2D eigenvalue weighted by Gasteiger charge is 2.47. The van der Waals surface area contributed by atoms with Crippen LogP contribution >= 0.6 is 0 Å². The number of methoxy groups -OCH3 is 2. The number of para-hydroxylation sites is 1. The molecule has 4 rings (SSSR count). The lowest BCUT2D eigenvalue weighted by Crippen LogP contribution is -2.36. The molecule has 2 aromatic rings. The summed E-state index contributed by atoms with van der Waals surface area (Å²) >= 11 is 0. The Balaban J connectivity index is 1.87. The summed E-state index contributed by atoms with van der Waals surface area (Å²) < 4.78 is 22.3. The van der Waals surface area contributed by atoms with Gasteiger partial charge in [0.25, 0.3) is 11.7 Å². The largest absolute Gasteiger partial charge is 0.507 e. The number of benzene rings is 2. The summed E-state index contributed by atoms with van der Waals surface area (Å²) in [4.78, 5) is 27.9. The number of likely N-dealkylation sites (tertiary alicyclic amines) is 1. The Morgan fingerprint density at radius 3 is 2.53 bits per heavy atom. The van der Waals surface area contributed by atoms with Gasteiger partial charge in [0.05, 0.1) is 44.1 Å². The zero-order valence-electron chi connectivity index (χ0n) is 19.6. The van der Waals surface area contributed by atoms with Crippen LogP contribution in [0.1, 0.15) is 36.9 Å². The molecule has 2 atom stereocenters. The molecule has 0 spiro atoms. The van der Waals surface area contributed by atoms with Crippen LogP contribution in [0.2, 0.25) is 0 Å². The van der Waals surface area contributed by atoms with Gasteiger partial charge in [0.2, 0.25) is 0 Å². The van der Waals surface area contributed by atoms with Gasteiger partial charge in [0, 0.05) is 13.2 Å². The van der Waals surface area contributed by atoms with E-state index in [0.717, 1.165) is 12.8 Å². The summed E-state index contributed by atoms with van der Waals surface area (Å²) in [6, 6.07) is 11.3. The summed E-state index contributed by atoms with van der Waals surface area (Å²) in [6.07, 6.45) is 1.53. The van der Waals surface area contributed by atoms with Crippen LogP contribution in [0.5, 0.6) is 17.2 Å². The van der Waals surface area contributed by atoms with Crippen molar-refractivity contribution in [2.75, 3.05) is 34.0 Å². The van der Waals surface area contributed by atoms with Gasteiger partial charge in [0.15, 0.2) is 11.5 Å². The second-order valence-electron chi connectivity index (χ2n) is 8.13. The summed E-state index contributed by atoms with van der Waals surface area (Å²) in [5, 5.41) is 11.3. The smallest absolute Gasteiger partial charge is 0.295 e. The highest BCUT2D eigenvalue weighted by Crippen LogP contribution is 2.43. The molecule has 8 nitrogen and oxygen atoms in total. The van der Waals surface area contributed by atoms with E-state index in [4.69, 9.17) is 18.9 Å². The molecule has 0 aromatic heterocycles. The summed E-state index contributed by atoms with van der Waals surface area (Å²) in [5.41, 5.74) is 0.954. The third kappa shape index (κ3) is 4.33. The maximum absolute atomic E-state index is 13.3. The Kier molecular flexibility index (Phi) is 7.07. The molecule has 2 aliphatic rings. The predicted molar refractivity (Wildman–Crippen MR) is 125 cm³/mol. The van der Waals surface area contributed by atoms with Gasteiger partial charge in [-0.05, 0) is 49.6 Å². The van der Waals surface area contributed by atoms with Crippen LogP contribution in [0, 0.1) is 0 Å². The second kappa shape index (κ2) is 10.2. The molecule has 0 radical (unpaired) electrons. The molecule has 8 heteroatoms. The van der Waals surface area contributed by atoms with Gasteiger partial charge in [-0.2, -0.15) is 0 Å². The number of rotatable bonds is 8. The molecule has 0 aliphatic carbocycles. The minimum atomic E-state index is -0.821. The average Bonchev–Trinajstić information content (AvgIpc) is 3.46. The van der Waals surface area contributed by atoms with Gasteiger partial charge in [-0.1, -0.05) is 18.2 Å². The number of hydrogen-bond acceptors (Lipinski definition) is 7. The number of aliphatic hydroxyl groups is 1. The fraction of sp³-hybridized carbons (Fsp3) is 0.385. The minimum absolute atomic E-state index is 0.00119. The Hall–Kier alpha value is -3.52. The van der Waals surface area contributed by atoms with Crippen molar-refractivity contribution in [1.82, 2.24) is 4.90 Å². The summed E-state index contributed by atoms with van der Waals surface area (Å²) in [5.74, 6) is -0.296. The number of hydrogen-bond donors (Lipinski definition) is 1. The third-order valence-electron chi connectivity index (χ3n) is 6.13. The van der Waals surface area contributed by atoms with E-state index < -0.39 is 17.7 Å². The van der Waals surface area contributed by atoms with E-state index in [1.807, 2.05) is 6.92 Å². The highest BCUT2D eigenvalue weighted by molar-refractivity contribution is 6.46. The SMILES string of the molecule is CCOc1ccc(C2/C(=C(/O)c3ccccc3OC)C(=O)C(=O)N2CC2CCCO2)cc1OC. The lowest BCUT2D eigenvalue weighted by Gasteiger charge is -2.28. The standard InChI is InChI=1S/C26H29NO7/c1-4-33-20-12-11-16(14-21(20)32-3)23-22(24(28)18-9-5-6-10-19(18)31-2)25(29)26(30)27(23)15-17-8-7-13-34-17/h5-6,9-12,14,17,23,28H,4,7-8,13,15H2,1-3H3/b24-22-. The van der Waals surface area contributed by atoms with Crippen LogP contribution in [0.25, 0.3) is 5.76 Å². The van der Waals surface area contributed by atoms with Crippen molar-refractivity contribution in [3.63, 3.8) is 0 Å². The van der Waals surface area contributed by atoms with Crippen molar-refractivity contribution in [2.45, 2.75) is 31.9 Å². The molecule has 2 fully saturated rings. The van der Waals surface area contributed by atoms with Crippen molar-refractivity contribution in [3.05, 3.63) is 59.2 Å². The van der Waals surface area contributed by atoms with Crippen LogP contribution in [0.15, 0.2) is 48.0 Å². The monoisotopic (exact) mass is 467 g/mol. The molecule has 2 saturated heterocycles. The Morgan fingerprint density at radius 2 is 1.85 bits per heavy atom. The molecular formula is C26H29NO7. The first-order valence-corrected chi connectivity index (χ1v) is 11.3. The normalized spacial score (nSPS) is 21.7. The molecule has 0 bridgehead atoms. The van der Waals surface area contributed by atoms with Gasteiger partial charge in [-0.15, -0.1) is 0 Å². The van der Waals surface area contributed by atoms with Crippen LogP contribution < -0.4 is 14.2 Å². The van der Waals surface area contributed by atoms with E-state index >= 15 is 0 Å². The van der Waals surface area contributed by atoms with Crippen molar-refractivity contribution in [1.29, 1.82) is 0 Å². The minimum Gasteiger partial charge on any atom is -0.507 e. The molecule has 2 aliphatic heterocycles. The van der Waals surface area contributed by atoms with E-state index in [9.17, 15) is 14.7 Å². The molecule has 34 heavy (non-hydrogen) atoms. The number of ketones is 1. The van der Waals surface area contributed by atoms with E-state index in [-0.39, 0.29) is 24.0 Å². The zero-order chi connectivity index (χ0) is 24.2. The molecule has 0 saturated carbocycles. The number of nitrogens with zero attached hydrogens (tertiary/aromatic N) is 1. The number of carbonyl (C=O) groups excluding carboxylic acids is 2. The molecule has 180 valence electrons. The first-order valence-electron chi connectivity index (χ1n) is 11.3. The average molecular weight is 468 g/mol. The molecule has 1 amide bonds. The maximum Gasteiger partial charge on any atom is 0.295 e. The molecule has 2 aromatic carbocycles. The number of ether oxygens (including phenoxy) is 4. The first-order chi connectivity index (χ1) is 16.5. The molecule has 1 N–H and O–H groups in total. The van der Waals surface area contributed by atoms with Crippen molar-refractivity contribution in [3.8, 4) is 17.2 Å². The van der Waals surface area contributed by atoms with Gasteiger partial charge in [0.1, 0.15) is 11.5 Å². The van der Waals surface area contributed by atoms with Crippen molar-refractivity contribution >= 4 is 17.4 Å². The topological polar surface area (TPSA) is 94.5 Å². The van der Waals surface area contributed by atoms with Gasteiger partial charge >= 0.3 is 0 Å². The fourth-order valence-corrected chi connectivity index (χ4v) is 4.54. The van der Waals surface area contributed by atoms with Gasteiger partial charge in [-0.25, -0.2) is 0 Å². The van der Waals surface area contributed by atoms with E-state index in [0.29, 0.717) is 41.6 Å².